The van der Waals surface area contributed by atoms with E-state index in [9.17, 15) is 9.59 Å². The van der Waals surface area contributed by atoms with E-state index in [0.717, 1.165) is 24.3 Å². The van der Waals surface area contributed by atoms with Crippen LogP contribution >= 0.6 is 0 Å². The fraction of sp³-hybridized carbons (Fsp3) is 0.368. The zero-order valence-corrected chi connectivity index (χ0v) is 14.4. The van der Waals surface area contributed by atoms with Crippen molar-refractivity contribution in [3.8, 4) is 0 Å². The maximum atomic E-state index is 12.0. The zero-order chi connectivity index (χ0) is 17.6. The number of furan rings is 1. The molecule has 25 heavy (non-hydrogen) atoms. The van der Waals surface area contributed by atoms with Gasteiger partial charge in [0, 0.05) is 37.4 Å². The van der Waals surface area contributed by atoms with Gasteiger partial charge in [0.15, 0.2) is 5.76 Å². The number of nitrogens with zero attached hydrogens (tertiary/aromatic N) is 1. The number of carbonyl (C=O) groups excluding carboxylic acids is 2. The van der Waals surface area contributed by atoms with Gasteiger partial charge in [-0.25, -0.2) is 0 Å². The van der Waals surface area contributed by atoms with Crippen molar-refractivity contribution in [2.45, 2.75) is 26.2 Å². The van der Waals surface area contributed by atoms with E-state index in [-0.39, 0.29) is 30.5 Å². The molecule has 1 aliphatic heterocycles. The molecule has 1 fully saturated rings. The summed E-state index contributed by atoms with van der Waals surface area (Å²) in [5.74, 6) is -0.204. The molecule has 0 bridgehead atoms. The molecule has 0 radical (unpaired) electrons. The third-order valence-electron chi connectivity index (χ3n) is 4.31. The highest BCUT2D eigenvalue weighted by atomic mass is 16.3. The van der Waals surface area contributed by atoms with Crippen LogP contribution in [0.2, 0.25) is 0 Å². The minimum atomic E-state index is -0.316. The highest BCUT2D eigenvalue weighted by Crippen LogP contribution is 2.26. The summed E-state index contributed by atoms with van der Waals surface area (Å²) in [6.07, 6.45) is 4.12. The molecule has 0 spiro atoms. The van der Waals surface area contributed by atoms with Gasteiger partial charge in [-0.3, -0.25) is 9.59 Å². The van der Waals surface area contributed by atoms with Crippen LogP contribution in [0, 0.1) is 6.92 Å². The molecule has 1 aromatic carbocycles. The number of hydrogen-bond acceptors (Lipinski definition) is 4. The summed E-state index contributed by atoms with van der Waals surface area (Å²) in [4.78, 5) is 26.1. The molecule has 2 N–H and O–H groups in total. The predicted molar refractivity (Wildman–Crippen MR) is 96.9 cm³/mol. The van der Waals surface area contributed by atoms with Gasteiger partial charge in [0.05, 0.1) is 6.26 Å². The van der Waals surface area contributed by atoms with Gasteiger partial charge in [-0.15, -0.1) is 0 Å². The average Bonchev–Trinajstić information content (AvgIpc) is 3.29. The van der Waals surface area contributed by atoms with Gasteiger partial charge < -0.3 is 20.0 Å². The first kappa shape index (κ1) is 17.1. The van der Waals surface area contributed by atoms with Gasteiger partial charge in [-0.1, -0.05) is 0 Å². The van der Waals surface area contributed by atoms with Crippen molar-refractivity contribution in [3.05, 3.63) is 47.9 Å². The summed E-state index contributed by atoms with van der Waals surface area (Å²) in [7, 11) is 0. The highest BCUT2D eigenvalue weighted by Gasteiger charge is 2.15. The lowest BCUT2D eigenvalue weighted by molar-refractivity contribution is -0.116. The van der Waals surface area contributed by atoms with E-state index in [2.05, 4.69) is 28.5 Å². The summed E-state index contributed by atoms with van der Waals surface area (Å²) in [6, 6.07) is 9.22. The third kappa shape index (κ3) is 4.41. The van der Waals surface area contributed by atoms with Crippen LogP contribution in [0.25, 0.3) is 0 Å². The van der Waals surface area contributed by atoms with Gasteiger partial charge >= 0.3 is 0 Å². The maximum absolute atomic E-state index is 12.0. The molecular weight excluding hydrogens is 318 g/mol. The molecule has 3 rings (SSSR count). The number of rotatable bonds is 6. The normalized spacial score (nSPS) is 13.7. The molecule has 0 unspecified atom stereocenters. The lowest BCUT2D eigenvalue weighted by Gasteiger charge is -2.20. The maximum Gasteiger partial charge on any atom is 0.286 e. The second-order valence-corrected chi connectivity index (χ2v) is 6.23. The molecule has 0 aliphatic carbocycles. The molecule has 132 valence electrons. The van der Waals surface area contributed by atoms with Gasteiger partial charge in [0.2, 0.25) is 5.91 Å². The topological polar surface area (TPSA) is 74.6 Å². The molecule has 2 aromatic rings. The molecule has 6 heteroatoms. The van der Waals surface area contributed by atoms with Crippen molar-refractivity contribution in [1.82, 2.24) is 5.32 Å². The Morgan fingerprint density at radius 2 is 2.00 bits per heavy atom. The van der Waals surface area contributed by atoms with Crippen LogP contribution in [0.1, 0.15) is 35.4 Å². The van der Waals surface area contributed by atoms with Gasteiger partial charge in [-0.05, 0) is 55.7 Å². The molecule has 2 heterocycles. The molecule has 1 saturated heterocycles. The van der Waals surface area contributed by atoms with Crippen molar-refractivity contribution in [3.63, 3.8) is 0 Å². The Balaban J connectivity index is 1.47. The van der Waals surface area contributed by atoms with Crippen LogP contribution in [-0.2, 0) is 4.79 Å². The van der Waals surface area contributed by atoms with Crippen LogP contribution in [-0.4, -0.2) is 31.4 Å². The van der Waals surface area contributed by atoms with Crippen LogP contribution in [0.3, 0.4) is 0 Å². The Labute approximate surface area is 147 Å². The van der Waals surface area contributed by atoms with Crippen LogP contribution in [0.15, 0.2) is 41.0 Å². The predicted octanol–water partition coefficient (Wildman–Crippen LogP) is 2.95. The van der Waals surface area contributed by atoms with Crippen molar-refractivity contribution in [2.24, 2.45) is 0 Å². The van der Waals surface area contributed by atoms with Crippen molar-refractivity contribution in [1.29, 1.82) is 0 Å². The minimum Gasteiger partial charge on any atom is -0.459 e. The first-order valence-electron chi connectivity index (χ1n) is 8.60. The Hall–Kier alpha value is -2.76. The minimum absolute atomic E-state index is 0.131. The van der Waals surface area contributed by atoms with E-state index in [0.29, 0.717) is 0 Å². The Morgan fingerprint density at radius 1 is 1.20 bits per heavy atom. The van der Waals surface area contributed by atoms with E-state index in [4.69, 9.17) is 4.42 Å². The summed E-state index contributed by atoms with van der Waals surface area (Å²) < 4.78 is 5.00. The number of anilines is 2. The largest absolute Gasteiger partial charge is 0.459 e. The fourth-order valence-electron chi connectivity index (χ4n) is 3.05. The highest BCUT2D eigenvalue weighted by molar-refractivity contribution is 5.93. The number of carbonyl (C=O) groups is 2. The van der Waals surface area contributed by atoms with E-state index in [1.807, 2.05) is 12.1 Å². The van der Waals surface area contributed by atoms with E-state index in [1.165, 1.54) is 24.8 Å². The zero-order valence-electron chi connectivity index (χ0n) is 14.4. The monoisotopic (exact) mass is 341 g/mol. The molecule has 6 nitrogen and oxygen atoms in total. The quantitative estimate of drug-likeness (QED) is 0.847. The molecule has 1 aliphatic rings. The first-order valence-corrected chi connectivity index (χ1v) is 8.60. The van der Waals surface area contributed by atoms with Crippen LogP contribution in [0.4, 0.5) is 11.4 Å². The summed E-state index contributed by atoms with van der Waals surface area (Å²) in [5, 5.41) is 5.54. The van der Waals surface area contributed by atoms with Crippen molar-refractivity contribution in [2.75, 3.05) is 29.9 Å². The summed E-state index contributed by atoms with van der Waals surface area (Å²) >= 11 is 0. The average molecular weight is 341 g/mol. The Bertz CT molecular complexity index is 734. The lowest BCUT2D eigenvalue weighted by Crippen LogP contribution is -2.27. The second-order valence-electron chi connectivity index (χ2n) is 6.23. The Kier molecular flexibility index (Phi) is 5.38. The van der Waals surface area contributed by atoms with E-state index >= 15 is 0 Å². The van der Waals surface area contributed by atoms with Gasteiger partial charge in [-0.2, -0.15) is 0 Å². The van der Waals surface area contributed by atoms with E-state index < -0.39 is 0 Å². The number of aryl methyl sites for hydroxylation is 1. The summed E-state index contributed by atoms with van der Waals surface area (Å²) in [5.41, 5.74) is 3.18. The van der Waals surface area contributed by atoms with Crippen molar-refractivity contribution >= 4 is 23.2 Å². The SMILES string of the molecule is Cc1cc(NC(=O)CCNC(=O)c2ccco2)ccc1N1CCCC1. The third-order valence-corrected chi connectivity index (χ3v) is 4.31. The number of nitrogens with one attached hydrogen (secondary N) is 2. The molecule has 1 aromatic heterocycles. The fourth-order valence-corrected chi connectivity index (χ4v) is 3.05. The number of amides is 2. The second kappa shape index (κ2) is 7.88. The van der Waals surface area contributed by atoms with Gasteiger partial charge in [0.1, 0.15) is 0 Å². The number of benzene rings is 1. The lowest BCUT2D eigenvalue weighted by atomic mass is 10.1. The summed E-state index contributed by atoms with van der Waals surface area (Å²) in [6.45, 7) is 4.52. The van der Waals surface area contributed by atoms with Crippen LogP contribution in [0.5, 0.6) is 0 Å². The van der Waals surface area contributed by atoms with Crippen LogP contribution < -0.4 is 15.5 Å². The molecule has 0 atom stereocenters. The standard InChI is InChI=1S/C19H23N3O3/c1-14-13-15(6-7-16(14)22-10-2-3-11-22)21-18(23)8-9-20-19(24)17-5-4-12-25-17/h4-7,12-13H,2-3,8-11H2,1H3,(H,20,24)(H,21,23). The Morgan fingerprint density at radius 3 is 2.68 bits per heavy atom. The van der Waals surface area contributed by atoms with Crippen molar-refractivity contribution < 1.29 is 14.0 Å². The van der Waals surface area contributed by atoms with E-state index in [1.54, 1.807) is 12.1 Å². The molecular formula is C19H23N3O3. The molecule has 0 saturated carbocycles. The van der Waals surface area contributed by atoms with Gasteiger partial charge in [0.25, 0.3) is 5.91 Å². The molecule has 2 amide bonds. The first-order chi connectivity index (χ1) is 12.1. The smallest absolute Gasteiger partial charge is 0.286 e. The number of hydrogen-bond donors (Lipinski definition) is 2.